The van der Waals surface area contributed by atoms with Gasteiger partial charge in [-0.05, 0) is 45.4 Å². The van der Waals surface area contributed by atoms with E-state index in [1.54, 1.807) is 20.8 Å². The molecule has 27 heavy (non-hydrogen) atoms. The molecular weight excluding hydrogens is 386 g/mol. The number of hydrogen-bond donors (Lipinski definition) is 0. The van der Waals surface area contributed by atoms with Crippen LogP contribution >= 0.6 is 0 Å². The fourth-order valence-corrected chi connectivity index (χ4v) is 2.70. The molecule has 0 aromatic heterocycles. The predicted octanol–water partition coefficient (Wildman–Crippen LogP) is 4.60. The summed E-state index contributed by atoms with van der Waals surface area (Å²) in [5, 5.41) is 0. The molecule has 0 saturated carbocycles. The summed E-state index contributed by atoms with van der Waals surface area (Å²) in [6.45, 7) is 6.37. The third-order valence-electron chi connectivity index (χ3n) is 3.52. The highest BCUT2D eigenvalue weighted by atomic mass is 32.2. The summed E-state index contributed by atoms with van der Waals surface area (Å²) in [5.74, 6) is -3.60. The van der Waals surface area contributed by atoms with Crippen LogP contribution in [0.1, 0.15) is 46.1 Å². The lowest BCUT2D eigenvalue weighted by molar-refractivity contribution is -0.182. The van der Waals surface area contributed by atoms with Crippen molar-refractivity contribution in [2.75, 3.05) is 6.61 Å². The molecule has 2 atom stereocenters. The standard InChI is InChI=1S/C18H23F4NO3S/c1-5-26-16(24)11-13(18(20,21)22)10-15(23-27(25)17(2,3)4)12-6-8-14(19)9-7-12/h6-9,13H,5,10-11H2,1-4H3/b23-15-/t13-,27+/m0/s1. The first-order valence-electron chi connectivity index (χ1n) is 8.32. The molecule has 0 unspecified atom stereocenters. The Morgan fingerprint density at radius 3 is 2.15 bits per heavy atom. The van der Waals surface area contributed by atoms with Crippen molar-refractivity contribution in [3.63, 3.8) is 0 Å². The lowest BCUT2D eigenvalue weighted by Gasteiger charge is -2.21. The van der Waals surface area contributed by atoms with Gasteiger partial charge in [-0.2, -0.15) is 17.6 Å². The second kappa shape index (κ2) is 9.43. The number of alkyl halides is 3. The number of rotatable bonds is 7. The smallest absolute Gasteiger partial charge is 0.392 e. The molecule has 1 aromatic carbocycles. The van der Waals surface area contributed by atoms with Gasteiger partial charge in [-0.3, -0.25) is 4.79 Å². The number of carbonyl (C=O) groups excluding carboxylic acids is 1. The molecule has 0 bridgehead atoms. The summed E-state index contributed by atoms with van der Waals surface area (Å²) in [6.07, 6.45) is -6.23. The first kappa shape index (κ1) is 23.3. The van der Waals surface area contributed by atoms with Crippen LogP contribution in [-0.4, -0.2) is 33.4 Å². The van der Waals surface area contributed by atoms with E-state index in [9.17, 15) is 26.6 Å². The summed E-state index contributed by atoms with van der Waals surface area (Å²) in [6, 6.07) is 4.70. The van der Waals surface area contributed by atoms with Crippen LogP contribution in [0.5, 0.6) is 0 Å². The first-order chi connectivity index (χ1) is 12.3. The molecule has 0 aliphatic heterocycles. The van der Waals surface area contributed by atoms with Crippen molar-refractivity contribution in [3.05, 3.63) is 35.6 Å². The number of ether oxygens (including phenoxy) is 1. The van der Waals surface area contributed by atoms with Crippen LogP contribution < -0.4 is 0 Å². The number of nitrogens with zero attached hydrogens (tertiary/aromatic N) is 1. The van der Waals surface area contributed by atoms with Crippen molar-refractivity contribution in [2.24, 2.45) is 10.3 Å². The van der Waals surface area contributed by atoms with Gasteiger partial charge in [0.25, 0.3) is 0 Å². The number of carbonyl (C=O) groups is 1. The molecule has 0 N–H and O–H groups in total. The van der Waals surface area contributed by atoms with Crippen molar-refractivity contribution in [2.45, 2.75) is 51.5 Å². The Morgan fingerprint density at radius 2 is 1.70 bits per heavy atom. The van der Waals surface area contributed by atoms with E-state index >= 15 is 0 Å². The van der Waals surface area contributed by atoms with Crippen LogP contribution in [0, 0.1) is 11.7 Å². The molecule has 0 spiro atoms. The summed E-state index contributed by atoms with van der Waals surface area (Å²) in [5.41, 5.74) is 0.113. The molecule has 0 fully saturated rings. The highest BCUT2D eigenvalue weighted by molar-refractivity contribution is 7.85. The third kappa shape index (κ3) is 7.78. The zero-order valence-electron chi connectivity index (χ0n) is 15.6. The lowest BCUT2D eigenvalue weighted by Crippen LogP contribution is -2.30. The molecule has 0 radical (unpaired) electrons. The number of benzene rings is 1. The summed E-state index contributed by atoms with van der Waals surface area (Å²) >= 11 is 0. The Kier molecular flexibility index (Phi) is 8.13. The molecule has 0 saturated heterocycles. The van der Waals surface area contributed by atoms with E-state index in [0.717, 1.165) is 12.1 Å². The van der Waals surface area contributed by atoms with Gasteiger partial charge in [-0.1, -0.05) is 12.1 Å². The topological polar surface area (TPSA) is 55.7 Å². The van der Waals surface area contributed by atoms with Gasteiger partial charge in [0, 0.05) is 6.42 Å². The maximum atomic E-state index is 13.4. The average Bonchev–Trinajstić information content (AvgIpc) is 2.52. The van der Waals surface area contributed by atoms with Crippen LogP contribution in [0.15, 0.2) is 28.7 Å². The highest BCUT2D eigenvalue weighted by Gasteiger charge is 2.42. The maximum absolute atomic E-state index is 13.4. The monoisotopic (exact) mass is 409 g/mol. The lowest BCUT2D eigenvalue weighted by atomic mass is 9.94. The van der Waals surface area contributed by atoms with Gasteiger partial charge in [0.15, 0.2) is 0 Å². The summed E-state index contributed by atoms with van der Waals surface area (Å²) in [7, 11) is -1.82. The summed E-state index contributed by atoms with van der Waals surface area (Å²) in [4.78, 5) is 11.6. The van der Waals surface area contributed by atoms with Crippen LogP contribution in [0.3, 0.4) is 0 Å². The van der Waals surface area contributed by atoms with Crippen molar-refractivity contribution >= 4 is 22.7 Å². The molecule has 4 nitrogen and oxygen atoms in total. The highest BCUT2D eigenvalue weighted by Crippen LogP contribution is 2.33. The van der Waals surface area contributed by atoms with E-state index in [1.165, 1.54) is 19.1 Å². The number of esters is 1. The van der Waals surface area contributed by atoms with Crippen LogP contribution in [0.25, 0.3) is 0 Å². The normalized spacial score (nSPS) is 15.3. The van der Waals surface area contributed by atoms with Crippen LogP contribution in [0.2, 0.25) is 0 Å². The predicted molar refractivity (Wildman–Crippen MR) is 96.2 cm³/mol. The molecule has 1 rings (SSSR count). The molecule has 1 aromatic rings. The minimum Gasteiger partial charge on any atom is -0.466 e. The van der Waals surface area contributed by atoms with E-state index in [2.05, 4.69) is 9.13 Å². The number of halogens is 4. The number of hydrogen-bond acceptors (Lipinski definition) is 3. The SMILES string of the molecule is CCOC(=O)C[C@H](C/C(=N/[S@](=O)C(C)(C)C)c1ccc(F)cc1)C(F)(F)F. The average molecular weight is 409 g/mol. The van der Waals surface area contributed by atoms with Gasteiger partial charge >= 0.3 is 12.1 Å². The third-order valence-corrected chi connectivity index (χ3v) is 4.95. The van der Waals surface area contributed by atoms with Gasteiger partial charge in [-0.15, -0.1) is 0 Å². The van der Waals surface area contributed by atoms with E-state index in [0.29, 0.717) is 0 Å². The van der Waals surface area contributed by atoms with Crippen molar-refractivity contribution < 1.29 is 31.3 Å². The van der Waals surface area contributed by atoms with Crippen LogP contribution in [0.4, 0.5) is 17.6 Å². The molecule has 9 heteroatoms. The first-order valence-corrected chi connectivity index (χ1v) is 9.43. The second-order valence-electron chi connectivity index (χ2n) is 6.86. The fourth-order valence-electron chi connectivity index (χ4n) is 2.05. The van der Waals surface area contributed by atoms with Crippen molar-refractivity contribution in [3.8, 4) is 0 Å². The minimum absolute atomic E-state index is 0.0314. The Balaban J connectivity index is 3.27. The minimum atomic E-state index is -4.68. The molecule has 0 aliphatic rings. The second-order valence-corrected chi connectivity index (χ2v) is 8.76. The van der Waals surface area contributed by atoms with Gasteiger partial charge in [0.2, 0.25) is 0 Å². The van der Waals surface area contributed by atoms with Crippen molar-refractivity contribution in [1.29, 1.82) is 0 Å². The van der Waals surface area contributed by atoms with E-state index in [4.69, 9.17) is 0 Å². The molecular formula is C18H23F4NO3S. The van der Waals surface area contributed by atoms with Crippen LogP contribution in [-0.2, 0) is 20.5 Å². The Labute approximate surface area is 158 Å². The van der Waals surface area contributed by atoms with Gasteiger partial charge in [-0.25, -0.2) is 8.60 Å². The molecule has 0 aliphatic carbocycles. The fraction of sp³-hybridized carbons (Fsp3) is 0.556. The summed E-state index contributed by atoms with van der Waals surface area (Å²) < 4.78 is 73.6. The maximum Gasteiger partial charge on any atom is 0.392 e. The van der Waals surface area contributed by atoms with Gasteiger partial charge < -0.3 is 4.74 Å². The molecule has 0 amide bonds. The van der Waals surface area contributed by atoms with E-state index < -0.39 is 52.5 Å². The Morgan fingerprint density at radius 1 is 1.15 bits per heavy atom. The quantitative estimate of drug-likeness (QED) is 0.376. The van der Waals surface area contributed by atoms with E-state index in [1.807, 2.05) is 0 Å². The zero-order valence-corrected chi connectivity index (χ0v) is 16.4. The Hall–Kier alpha value is -1.77. The van der Waals surface area contributed by atoms with Crippen molar-refractivity contribution in [1.82, 2.24) is 0 Å². The van der Waals surface area contributed by atoms with Gasteiger partial charge in [0.1, 0.15) is 16.8 Å². The van der Waals surface area contributed by atoms with E-state index in [-0.39, 0.29) is 17.9 Å². The molecule has 0 heterocycles. The Bertz CT molecular complexity index is 694. The van der Waals surface area contributed by atoms with Gasteiger partial charge in [0.05, 0.1) is 29.4 Å². The molecule has 152 valence electrons. The largest absolute Gasteiger partial charge is 0.466 e. The zero-order chi connectivity index (χ0) is 20.8.